The highest BCUT2D eigenvalue weighted by Gasteiger charge is 2.53. The van der Waals surface area contributed by atoms with Gasteiger partial charge in [-0.25, -0.2) is 17.6 Å². The van der Waals surface area contributed by atoms with Crippen LogP contribution in [0.1, 0.15) is 141 Å². The molecule has 19 heteroatoms. The van der Waals surface area contributed by atoms with E-state index in [4.69, 9.17) is 0 Å². The van der Waals surface area contributed by atoms with E-state index in [1.54, 1.807) is 0 Å². The molecule has 312 valence electrons. The van der Waals surface area contributed by atoms with Gasteiger partial charge in [-0.3, -0.25) is 48.2 Å². The third kappa shape index (κ3) is 5.05. The highest BCUT2D eigenvalue weighted by atomic mass is 19.4. The number of hydrogen-bond acceptors (Lipinski definition) is 8. The minimum Gasteiger partial charge on any atom is -0.271 e. The largest absolute Gasteiger partial charge is 0.391 e. The topological polar surface area (TPSA) is 150 Å². The molecule has 10 rings (SSSR count). The number of alkyl halides is 3. The molecule has 4 aliphatic heterocycles. The zero-order chi connectivity index (χ0) is 43.5. The number of amides is 8. The molecule has 4 aromatic rings. The second-order valence-corrected chi connectivity index (χ2v) is 16.4. The van der Waals surface area contributed by atoms with Crippen molar-refractivity contribution < 1.29 is 69.1 Å². The monoisotopic (exact) mass is 848 g/mol. The number of hydrogen-bond donors (Lipinski definition) is 0. The van der Waals surface area contributed by atoms with E-state index in [1.165, 1.54) is 0 Å². The molecule has 4 atom stereocenters. The quantitative estimate of drug-likeness (QED) is 0.155. The van der Waals surface area contributed by atoms with Gasteiger partial charge in [0.15, 0.2) is 0 Å². The second kappa shape index (κ2) is 12.7. The van der Waals surface area contributed by atoms with Gasteiger partial charge in [0.2, 0.25) is 0 Å². The van der Waals surface area contributed by atoms with E-state index in [9.17, 15) is 51.5 Å². The molecule has 0 aromatic heterocycles. The Hall–Kier alpha value is -6.53. The van der Waals surface area contributed by atoms with Crippen LogP contribution in [0.5, 0.6) is 0 Å². The molecule has 0 spiro atoms. The average molecular weight is 849 g/mol. The van der Waals surface area contributed by atoms with Crippen molar-refractivity contribution in [2.24, 2.45) is 11.8 Å². The maximum Gasteiger partial charge on any atom is 0.391 e. The first-order valence-electron chi connectivity index (χ1n) is 19.4. The molecule has 4 unspecified atom stereocenters. The molecule has 6 aliphatic rings. The summed E-state index contributed by atoms with van der Waals surface area (Å²) >= 11 is 0. The molecule has 61 heavy (non-hydrogen) atoms. The van der Waals surface area contributed by atoms with E-state index in [2.05, 4.69) is 0 Å². The standard InChI is InChI=1S/C42H27F7N4O8/c1-14-4-2-6-16(8-14)50-34(54)20-12-23(44)30-28-21(13-22(43)29(27(20)28)38(50)58)37(57)53(41(30)61)52-35(55)18-10-24(45)31-33-26(18)19(36(52)56)11-25(46)32(33)40(60)51(39(31)59)17-7-3-5-15(9-17)42(47,48)49/h10-17H,2-9H2,1H3. The van der Waals surface area contributed by atoms with Gasteiger partial charge in [0.1, 0.15) is 23.3 Å². The number of hydrazine groups is 1. The summed E-state index contributed by atoms with van der Waals surface area (Å²) in [5.41, 5.74) is -6.93. The molecule has 0 radical (unpaired) electrons. The van der Waals surface area contributed by atoms with Gasteiger partial charge in [0, 0.05) is 33.6 Å². The van der Waals surface area contributed by atoms with Gasteiger partial charge < -0.3 is 0 Å². The zero-order valence-electron chi connectivity index (χ0n) is 31.5. The normalized spacial score (nSPS) is 24.0. The molecule has 2 saturated carbocycles. The molecule has 8 amide bonds. The average Bonchev–Trinajstić information content (AvgIpc) is 3.19. The van der Waals surface area contributed by atoms with Crippen molar-refractivity contribution in [3.05, 3.63) is 92.0 Å². The lowest BCUT2D eigenvalue weighted by Gasteiger charge is -2.41. The van der Waals surface area contributed by atoms with Crippen molar-refractivity contribution in [2.45, 2.75) is 76.6 Å². The van der Waals surface area contributed by atoms with Crippen molar-refractivity contribution in [3.8, 4) is 0 Å². The smallest absolute Gasteiger partial charge is 0.271 e. The van der Waals surface area contributed by atoms with Crippen LogP contribution < -0.4 is 0 Å². The Morgan fingerprint density at radius 3 is 1.31 bits per heavy atom. The minimum absolute atomic E-state index is 0.0731. The lowest BCUT2D eigenvalue weighted by Crippen LogP contribution is -2.58. The maximum absolute atomic E-state index is 16.3. The van der Waals surface area contributed by atoms with Crippen LogP contribution in [0.4, 0.5) is 30.7 Å². The molecule has 12 nitrogen and oxygen atoms in total. The first-order valence-corrected chi connectivity index (χ1v) is 19.4. The minimum atomic E-state index is -4.69. The van der Waals surface area contributed by atoms with Gasteiger partial charge in [-0.05, 0) is 62.3 Å². The predicted molar refractivity (Wildman–Crippen MR) is 193 cm³/mol. The number of imide groups is 4. The van der Waals surface area contributed by atoms with E-state index in [1.807, 2.05) is 6.92 Å². The van der Waals surface area contributed by atoms with Crippen LogP contribution in [0.25, 0.3) is 21.5 Å². The van der Waals surface area contributed by atoms with Crippen molar-refractivity contribution in [3.63, 3.8) is 0 Å². The maximum atomic E-state index is 16.3. The lowest BCUT2D eigenvalue weighted by atomic mass is 9.81. The van der Waals surface area contributed by atoms with Gasteiger partial charge >= 0.3 is 6.18 Å². The second-order valence-electron chi connectivity index (χ2n) is 16.4. The Morgan fingerprint density at radius 1 is 0.459 bits per heavy atom. The lowest BCUT2D eigenvalue weighted by molar-refractivity contribution is -0.185. The summed E-state index contributed by atoms with van der Waals surface area (Å²) in [5, 5.41) is -3.03. The summed E-state index contributed by atoms with van der Waals surface area (Å²) in [6, 6.07) is -0.183. The summed E-state index contributed by atoms with van der Waals surface area (Å²) in [5.74, 6) is -19.4. The molecule has 2 fully saturated rings. The molecule has 0 bridgehead atoms. The first kappa shape index (κ1) is 38.7. The number of rotatable bonds is 3. The van der Waals surface area contributed by atoms with Gasteiger partial charge in [0.25, 0.3) is 47.3 Å². The van der Waals surface area contributed by atoms with Crippen LogP contribution in [0.15, 0.2) is 24.3 Å². The van der Waals surface area contributed by atoms with Gasteiger partial charge in [0.05, 0.1) is 50.4 Å². The molecule has 0 N–H and O–H groups in total. The van der Waals surface area contributed by atoms with Crippen molar-refractivity contribution >= 4 is 68.8 Å². The summed E-state index contributed by atoms with van der Waals surface area (Å²) in [7, 11) is 0. The van der Waals surface area contributed by atoms with Crippen molar-refractivity contribution in [1.29, 1.82) is 0 Å². The zero-order valence-corrected chi connectivity index (χ0v) is 31.5. The van der Waals surface area contributed by atoms with Crippen LogP contribution in [0.3, 0.4) is 0 Å². The van der Waals surface area contributed by atoms with Crippen LogP contribution in [-0.4, -0.2) is 85.3 Å². The Kier molecular flexibility index (Phi) is 8.08. The molecule has 4 aromatic carbocycles. The van der Waals surface area contributed by atoms with Crippen LogP contribution >= 0.6 is 0 Å². The number of benzene rings is 4. The first-order chi connectivity index (χ1) is 28.8. The molecular formula is C42H27F7N4O8. The fourth-order valence-electron chi connectivity index (χ4n) is 10.3. The molecule has 2 aliphatic carbocycles. The van der Waals surface area contributed by atoms with Crippen molar-refractivity contribution in [1.82, 2.24) is 19.8 Å². The van der Waals surface area contributed by atoms with Gasteiger partial charge in [-0.1, -0.05) is 26.2 Å². The van der Waals surface area contributed by atoms with Crippen molar-refractivity contribution in [2.75, 3.05) is 0 Å². The Balaban J connectivity index is 1.07. The van der Waals surface area contributed by atoms with E-state index in [-0.39, 0.29) is 35.2 Å². The SMILES string of the molecule is CC1CCCC(N2C(=O)c3cc(F)c4c5c(cc(F)c(c35)C2=O)C(=O)N(N2C(=O)c3cc(F)c5c6c(c(F)cc(c36)C2=O)C(=O)N(C2CCCC(C(F)(F)F)C2)C5=O)C4=O)C1. The number of nitrogens with zero attached hydrogens (tertiary/aromatic N) is 4. The van der Waals surface area contributed by atoms with Crippen LogP contribution in [0, 0.1) is 35.1 Å². The highest BCUT2D eigenvalue weighted by Crippen LogP contribution is 2.47. The fourth-order valence-corrected chi connectivity index (χ4v) is 10.3. The van der Waals surface area contributed by atoms with Gasteiger partial charge in [-0.2, -0.15) is 23.2 Å². The molecule has 0 saturated heterocycles. The molecular weight excluding hydrogens is 821 g/mol. The van der Waals surface area contributed by atoms with Crippen LogP contribution in [0.2, 0.25) is 0 Å². The number of halogens is 7. The summed E-state index contributed by atoms with van der Waals surface area (Å²) < 4.78 is 106. The van der Waals surface area contributed by atoms with E-state index in [0.717, 1.165) is 11.3 Å². The van der Waals surface area contributed by atoms with Crippen LogP contribution in [-0.2, 0) is 0 Å². The number of carbonyl (C=O) groups excluding carboxylic acids is 8. The number of carbonyl (C=O) groups is 8. The third-order valence-corrected chi connectivity index (χ3v) is 13.0. The summed E-state index contributed by atoms with van der Waals surface area (Å²) in [4.78, 5) is 114. The van der Waals surface area contributed by atoms with E-state index < -0.39 is 167 Å². The fraction of sp³-hybridized carbons (Fsp3) is 0.333. The van der Waals surface area contributed by atoms with E-state index >= 15 is 17.6 Å². The van der Waals surface area contributed by atoms with Gasteiger partial charge in [-0.15, -0.1) is 0 Å². The molecule has 4 heterocycles. The third-order valence-electron chi connectivity index (χ3n) is 13.0. The highest BCUT2D eigenvalue weighted by molar-refractivity contribution is 6.37. The Labute approximate surface area is 337 Å². The summed E-state index contributed by atoms with van der Waals surface area (Å²) in [6.07, 6.45) is -3.66. The Bertz CT molecular complexity index is 2820. The predicted octanol–water partition coefficient (Wildman–Crippen LogP) is 7.25. The summed E-state index contributed by atoms with van der Waals surface area (Å²) in [6.45, 7) is 1.91. The van der Waals surface area contributed by atoms with E-state index in [0.29, 0.717) is 48.4 Å². The Morgan fingerprint density at radius 2 is 0.836 bits per heavy atom.